The van der Waals surface area contributed by atoms with E-state index in [-0.39, 0.29) is 5.60 Å². The van der Waals surface area contributed by atoms with E-state index in [0.717, 1.165) is 32.4 Å². The number of nitrogens with zero attached hydrogens (tertiary/aromatic N) is 2. The van der Waals surface area contributed by atoms with E-state index in [1.54, 1.807) is 0 Å². The Morgan fingerprint density at radius 1 is 1.40 bits per heavy atom. The number of pyridine rings is 1. The summed E-state index contributed by atoms with van der Waals surface area (Å²) in [5.41, 5.74) is 3.51. The van der Waals surface area contributed by atoms with Crippen LogP contribution in [0.1, 0.15) is 62.9 Å². The van der Waals surface area contributed by atoms with Crippen LogP contribution in [0.15, 0.2) is 12.1 Å². The third-order valence-corrected chi connectivity index (χ3v) is 4.37. The van der Waals surface area contributed by atoms with Gasteiger partial charge in [0, 0.05) is 24.4 Å². The number of hydrogen-bond donors (Lipinski definition) is 0. The van der Waals surface area contributed by atoms with Gasteiger partial charge in [0.25, 0.3) is 0 Å². The van der Waals surface area contributed by atoms with Crippen LogP contribution in [0.25, 0.3) is 0 Å². The van der Waals surface area contributed by atoms with Crippen LogP contribution in [-0.4, -0.2) is 30.6 Å². The Hall–Kier alpha value is -0.930. The van der Waals surface area contributed by atoms with Crippen LogP contribution in [0.5, 0.6) is 0 Å². The molecule has 2 atom stereocenters. The molecule has 3 heteroatoms. The molecule has 20 heavy (non-hydrogen) atoms. The Balaban J connectivity index is 2.39. The first-order valence-corrected chi connectivity index (χ1v) is 7.75. The lowest BCUT2D eigenvalue weighted by atomic mass is 9.90. The second-order valence-corrected chi connectivity index (χ2v) is 6.46. The van der Waals surface area contributed by atoms with Gasteiger partial charge in [0.15, 0.2) is 0 Å². The fourth-order valence-electron chi connectivity index (χ4n) is 2.89. The minimum Gasteiger partial charge on any atom is -0.371 e. The molecule has 1 aromatic heterocycles. The smallest absolute Gasteiger partial charge is 0.0922 e. The van der Waals surface area contributed by atoms with Gasteiger partial charge < -0.3 is 9.64 Å². The van der Waals surface area contributed by atoms with E-state index in [9.17, 15) is 0 Å². The van der Waals surface area contributed by atoms with Crippen molar-refractivity contribution in [2.24, 2.45) is 0 Å². The van der Waals surface area contributed by atoms with Crippen molar-refractivity contribution >= 4 is 0 Å². The topological polar surface area (TPSA) is 25.4 Å². The minimum atomic E-state index is -0.147. The maximum atomic E-state index is 6.02. The van der Waals surface area contributed by atoms with E-state index in [2.05, 4.69) is 51.9 Å². The van der Waals surface area contributed by atoms with Crippen LogP contribution < -0.4 is 0 Å². The van der Waals surface area contributed by atoms with Crippen molar-refractivity contribution in [3.8, 4) is 0 Å². The second kappa shape index (κ2) is 6.23. The van der Waals surface area contributed by atoms with Crippen LogP contribution in [-0.2, 0) is 16.9 Å². The van der Waals surface area contributed by atoms with Gasteiger partial charge in [-0.2, -0.15) is 0 Å². The van der Waals surface area contributed by atoms with Gasteiger partial charge in [-0.3, -0.25) is 4.98 Å². The Morgan fingerprint density at radius 2 is 2.15 bits per heavy atom. The molecule has 1 aromatic rings. The average molecular weight is 276 g/mol. The van der Waals surface area contributed by atoms with Crippen LogP contribution in [0, 0.1) is 0 Å². The van der Waals surface area contributed by atoms with Gasteiger partial charge in [-0.25, -0.2) is 0 Å². The molecular formula is C17H28N2O. The Bertz CT molecular complexity index is 450. The first kappa shape index (κ1) is 15.5. The zero-order valence-electron chi connectivity index (χ0n) is 13.6. The first-order chi connectivity index (χ1) is 9.46. The number of hydrogen-bond acceptors (Lipinski definition) is 3. The molecule has 2 heterocycles. The van der Waals surface area contributed by atoms with E-state index < -0.39 is 0 Å². The average Bonchev–Trinajstić information content (AvgIpc) is 2.85. The van der Waals surface area contributed by atoms with Crippen molar-refractivity contribution in [2.45, 2.75) is 58.1 Å². The highest BCUT2D eigenvalue weighted by Gasteiger charge is 2.34. The molecule has 0 saturated carbocycles. The Labute approximate surface area is 123 Å². The Kier molecular flexibility index (Phi) is 4.82. The highest BCUT2D eigenvalue weighted by Crippen LogP contribution is 2.37. The predicted octanol–water partition coefficient (Wildman–Crippen LogP) is 3.68. The number of ether oxygens (including phenoxy) is 1. The molecule has 0 aliphatic carbocycles. The van der Waals surface area contributed by atoms with Gasteiger partial charge in [-0.1, -0.05) is 19.9 Å². The summed E-state index contributed by atoms with van der Waals surface area (Å²) < 4.78 is 6.02. The summed E-state index contributed by atoms with van der Waals surface area (Å²) in [4.78, 5) is 7.14. The molecule has 0 bridgehead atoms. The quantitative estimate of drug-likeness (QED) is 0.820. The molecule has 1 aliphatic heterocycles. The van der Waals surface area contributed by atoms with E-state index in [4.69, 9.17) is 9.72 Å². The van der Waals surface area contributed by atoms with Crippen LogP contribution in [0.2, 0.25) is 0 Å². The summed E-state index contributed by atoms with van der Waals surface area (Å²) in [5, 5.41) is 0. The lowest BCUT2D eigenvalue weighted by Crippen LogP contribution is -2.25. The minimum absolute atomic E-state index is 0.147. The predicted molar refractivity (Wildman–Crippen MR) is 82.9 cm³/mol. The second-order valence-electron chi connectivity index (χ2n) is 6.46. The molecule has 1 aliphatic rings. The molecule has 3 nitrogen and oxygen atoms in total. The van der Waals surface area contributed by atoms with Crippen molar-refractivity contribution in [3.63, 3.8) is 0 Å². The maximum absolute atomic E-state index is 6.02. The molecule has 1 fully saturated rings. The lowest BCUT2D eigenvalue weighted by Gasteiger charge is -2.27. The molecule has 0 spiro atoms. The fourth-order valence-corrected chi connectivity index (χ4v) is 2.89. The van der Waals surface area contributed by atoms with Crippen molar-refractivity contribution in [3.05, 3.63) is 29.1 Å². The van der Waals surface area contributed by atoms with Crippen molar-refractivity contribution in [2.75, 3.05) is 20.7 Å². The van der Waals surface area contributed by atoms with Gasteiger partial charge in [0.05, 0.1) is 11.3 Å². The van der Waals surface area contributed by atoms with Crippen molar-refractivity contribution in [1.82, 2.24) is 9.88 Å². The molecule has 0 N–H and O–H groups in total. The summed E-state index contributed by atoms with van der Waals surface area (Å²) >= 11 is 0. The lowest BCUT2D eigenvalue weighted by molar-refractivity contribution is 0.0153. The number of aromatic nitrogens is 1. The molecule has 0 radical (unpaired) electrons. The van der Waals surface area contributed by atoms with Crippen molar-refractivity contribution < 1.29 is 4.74 Å². The summed E-state index contributed by atoms with van der Waals surface area (Å²) in [6.45, 7) is 8.41. The molecule has 2 rings (SSSR count). The fraction of sp³-hybridized carbons (Fsp3) is 0.706. The monoisotopic (exact) mass is 276 g/mol. The van der Waals surface area contributed by atoms with E-state index >= 15 is 0 Å². The van der Waals surface area contributed by atoms with Gasteiger partial charge in [-0.05, 0) is 52.3 Å². The maximum Gasteiger partial charge on any atom is 0.0922 e. The summed E-state index contributed by atoms with van der Waals surface area (Å²) in [6.07, 6.45) is 3.37. The van der Waals surface area contributed by atoms with Gasteiger partial charge in [-0.15, -0.1) is 0 Å². The van der Waals surface area contributed by atoms with Crippen LogP contribution in [0.3, 0.4) is 0 Å². The van der Waals surface area contributed by atoms with Gasteiger partial charge >= 0.3 is 0 Å². The number of rotatable bonds is 5. The third kappa shape index (κ3) is 3.21. The summed E-state index contributed by atoms with van der Waals surface area (Å²) in [5.74, 6) is 0.516. The zero-order valence-corrected chi connectivity index (χ0v) is 13.6. The van der Waals surface area contributed by atoms with Crippen LogP contribution in [0.4, 0.5) is 0 Å². The van der Waals surface area contributed by atoms with E-state index in [1.807, 2.05) is 0 Å². The summed E-state index contributed by atoms with van der Waals surface area (Å²) in [7, 11) is 4.19. The highest BCUT2D eigenvalue weighted by molar-refractivity contribution is 5.30. The highest BCUT2D eigenvalue weighted by atomic mass is 16.5. The zero-order chi connectivity index (χ0) is 14.8. The third-order valence-electron chi connectivity index (χ3n) is 4.37. The van der Waals surface area contributed by atoms with Gasteiger partial charge in [0.2, 0.25) is 0 Å². The first-order valence-electron chi connectivity index (χ1n) is 7.75. The molecular weight excluding hydrogens is 248 g/mol. The normalized spacial score (nSPS) is 24.3. The van der Waals surface area contributed by atoms with Crippen LogP contribution >= 0.6 is 0 Å². The molecule has 0 aromatic carbocycles. The summed E-state index contributed by atoms with van der Waals surface area (Å²) in [6, 6.07) is 4.44. The molecule has 1 saturated heterocycles. The van der Waals surface area contributed by atoms with Gasteiger partial charge in [0.1, 0.15) is 0 Å². The van der Waals surface area contributed by atoms with Crippen molar-refractivity contribution in [1.29, 1.82) is 0 Å². The van der Waals surface area contributed by atoms with E-state index in [0.29, 0.717) is 5.92 Å². The molecule has 112 valence electrons. The van der Waals surface area contributed by atoms with E-state index in [1.165, 1.54) is 17.0 Å². The standard InChI is InChI=1S/C17H28N2O/c1-6-13(2)15-9-8-14(16(18-15)12-19(4)5)17(3)10-7-11-20-17/h8-9,13H,6-7,10-12H2,1-5H3. The molecule has 2 unspecified atom stereocenters. The molecule has 0 amide bonds. The SMILES string of the molecule is CCC(C)c1ccc(C2(C)CCCO2)c(CN(C)C)n1. The largest absolute Gasteiger partial charge is 0.371 e. The Morgan fingerprint density at radius 3 is 2.70 bits per heavy atom.